The molecule has 0 amide bonds. The van der Waals surface area contributed by atoms with E-state index < -0.39 is 17.7 Å². The van der Waals surface area contributed by atoms with Gasteiger partial charge in [-0.25, -0.2) is 14.0 Å². The summed E-state index contributed by atoms with van der Waals surface area (Å²) in [6.45, 7) is 0. The van der Waals surface area contributed by atoms with Gasteiger partial charge in [0.1, 0.15) is 11.4 Å². The van der Waals surface area contributed by atoms with Crippen LogP contribution in [0.2, 0.25) is 0 Å². The van der Waals surface area contributed by atoms with Gasteiger partial charge >= 0.3 is 11.6 Å². The Balaban J connectivity index is 1.86. The largest absolute Gasteiger partial charge is 0.449 e. The second kappa shape index (κ2) is 6.16. The van der Waals surface area contributed by atoms with Crippen molar-refractivity contribution in [3.8, 4) is 11.1 Å². The molecule has 0 spiro atoms. The number of halogens is 1. The second-order valence-corrected chi connectivity index (χ2v) is 6.55. The van der Waals surface area contributed by atoms with Crippen molar-refractivity contribution in [3.63, 3.8) is 0 Å². The second-order valence-electron chi connectivity index (χ2n) is 6.55. The van der Waals surface area contributed by atoms with Crippen molar-refractivity contribution in [2.45, 2.75) is 6.10 Å². The number of carbonyl (C=O) groups excluding carboxylic acids is 1. The first-order chi connectivity index (χ1) is 13.6. The monoisotopic (exact) mass is 372 g/mol. The molecule has 1 aliphatic rings. The summed E-state index contributed by atoms with van der Waals surface area (Å²) in [4.78, 5) is 25.3. The summed E-state index contributed by atoms with van der Waals surface area (Å²) in [5.41, 5.74) is 2.29. The molecule has 4 aromatic rings. The van der Waals surface area contributed by atoms with Gasteiger partial charge in [-0.2, -0.15) is 0 Å². The summed E-state index contributed by atoms with van der Waals surface area (Å²) in [6, 6.07) is 19.9. The van der Waals surface area contributed by atoms with Crippen LogP contribution in [0, 0.1) is 5.82 Å². The van der Waals surface area contributed by atoms with Crippen molar-refractivity contribution in [1.82, 2.24) is 0 Å². The number of hydrogen-bond acceptors (Lipinski definition) is 4. The number of carbonyl (C=O) groups is 1. The van der Waals surface area contributed by atoms with E-state index >= 15 is 0 Å². The minimum absolute atomic E-state index is 0.226. The SMILES string of the molecule is O=C1OC(c2c(-c3ccc(F)cc3)c3ccccc3oc2=O)c2ccccc21. The minimum atomic E-state index is -0.885. The number of rotatable bonds is 2. The zero-order valence-corrected chi connectivity index (χ0v) is 14.5. The zero-order valence-electron chi connectivity index (χ0n) is 14.5. The van der Waals surface area contributed by atoms with Crippen LogP contribution in [0.3, 0.4) is 0 Å². The summed E-state index contributed by atoms with van der Waals surface area (Å²) < 4.78 is 24.6. The van der Waals surface area contributed by atoms with E-state index in [2.05, 4.69) is 0 Å². The number of hydrogen-bond donors (Lipinski definition) is 0. The van der Waals surface area contributed by atoms with Crippen molar-refractivity contribution in [1.29, 1.82) is 0 Å². The molecule has 0 N–H and O–H groups in total. The number of cyclic esters (lactones) is 1. The highest BCUT2D eigenvalue weighted by atomic mass is 19.1. The lowest BCUT2D eigenvalue weighted by Gasteiger charge is -2.16. The van der Waals surface area contributed by atoms with Crippen LogP contribution in [-0.4, -0.2) is 5.97 Å². The Hall–Kier alpha value is -3.73. The van der Waals surface area contributed by atoms with E-state index in [-0.39, 0.29) is 11.4 Å². The van der Waals surface area contributed by atoms with E-state index in [1.165, 1.54) is 12.1 Å². The fourth-order valence-corrected chi connectivity index (χ4v) is 3.69. The molecule has 2 heterocycles. The summed E-state index contributed by atoms with van der Waals surface area (Å²) in [6.07, 6.45) is -0.885. The standard InChI is InChI=1S/C23H13FO4/c24-14-11-9-13(10-12-14)19-17-7-3-4-8-18(17)27-23(26)20(19)21-15-5-1-2-6-16(15)22(25)28-21/h1-12,21H. The molecule has 136 valence electrons. The molecule has 0 aliphatic carbocycles. The third-order valence-corrected chi connectivity index (χ3v) is 4.93. The quantitative estimate of drug-likeness (QED) is 0.372. The summed E-state index contributed by atoms with van der Waals surface area (Å²) in [5, 5.41) is 0.684. The van der Waals surface area contributed by atoms with Gasteiger partial charge in [0.2, 0.25) is 0 Å². The number of para-hydroxylation sites is 1. The molecule has 1 atom stereocenters. The molecule has 28 heavy (non-hydrogen) atoms. The Bertz CT molecular complexity index is 1290. The number of benzene rings is 3. The van der Waals surface area contributed by atoms with Gasteiger partial charge in [0, 0.05) is 16.5 Å². The van der Waals surface area contributed by atoms with Gasteiger partial charge in [0.25, 0.3) is 0 Å². The average Bonchev–Trinajstić information content (AvgIpc) is 3.04. The fraction of sp³-hybridized carbons (Fsp3) is 0.0435. The van der Waals surface area contributed by atoms with E-state index in [0.717, 1.165) is 0 Å². The van der Waals surface area contributed by atoms with Gasteiger partial charge in [-0.15, -0.1) is 0 Å². The van der Waals surface area contributed by atoms with Crippen LogP contribution in [0.1, 0.15) is 27.6 Å². The van der Waals surface area contributed by atoms with Crippen molar-refractivity contribution < 1.29 is 18.3 Å². The Labute approximate surface area is 158 Å². The average molecular weight is 372 g/mol. The van der Waals surface area contributed by atoms with Gasteiger partial charge in [-0.1, -0.05) is 48.5 Å². The topological polar surface area (TPSA) is 56.5 Å². The highest BCUT2D eigenvalue weighted by molar-refractivity contribution is 5.98. The third-order valence-electron chi connectivity index (χ3n) is 4.93. The Morgan fingerprint density at radius 1 is 0.821 bits per heavy atom. The molecule has 0 saturated carbocycles. The fourth-order valence-electron chi connectivity index (χ4n) is 3.69. The first kappa shape index (κ1) is 16.4. The van der Waals surface area contributed by atoms with E-state index in [1.54, 1.807) is 48.5 Å². The van der Waals surface area contributed by atoms with Crippen molar-refractivity contribution >= 4 is 16.9 Å². The molecule has 1 unspecified atom stereocenters. The van der Waals surface area contributed by atoms with Crippen LogP contribution in [0.25, 0.3) is 22.1 Å². The highest BCUT2D eigenvalue weighted by Crippen LogP contribution is 2.41. The molecule has 3 aromatic carbocycles. The van der Waals surface area contributed by atoms with Crippen LogP contribution in [0.5, 0.6) is 0 Å². The molecule has 1 aliphatic heterocycles. The van der Waals surface area contributed by atoms with Crippen molar-refractivity contribution in [2.75, 3.05) is 0 Å². The summed E-state index contributed by atoms with van der Waals surface area (Å²) in [7, 11) is 0. The van der Waals surface area contributed by atoms with E-state index in [0.29, 0.717) is 33.2 Å². The molecule has 0 fully saturated rings. The van der Waals surface area contributed by atoms with Crippen LogP contribution in [0.15, 0.2) is 82.0 Å². The van der Waals surface area contributed by atoms with E-state index in [9.17, 15) is 14.0 Å². The van der Waals surface area contributed by atoms with E-state index in [1.807, 2.05) is 12.1 Å². The third kappa shape index (κ3) is 2.44. The van der Waals surface area contributed by atoms with Crippen LogP contribution in [-0.2, 0) is 4.74 Å². The lowest BCUT2D eigenvalue weighted by Crippen LogP contribution is -2.16. The molecular weight excluding hydrogens is 359 g/mol. The van der Waals surface area contributed by atoms with Gasteiger partial charge in [0.15, 0.2) is 6.10 Å². The molecular formula is C23H13FO4. The maximum atomic E-state index is 13.5. The predicted octanol–water partition coefficient (Wildman–Crippen LogP) is 4.86. The highest BCUT2D eigenvalue weighted by Gasteiger charge is 2.36. The van der Waals surface area contributed by atoms with Gasteiger partial charge in [-0.3, -0.25) is 0 Å². The maximum absolute atomic E-state index is 13.5. The number of esters is 1. The van der Waals surface area contributed by atoms with Crippen LogP contribution in [0.4, 0.5) is 4.39 Å². The Morgan fingerprint density at radius 2 is 1.54 bits per heavy atom. The predicted molar refractivity (Wildman–Crippen MR) is 102 cm³/mol. The van der Waals surface area contributed by atoms with Gasteiger partial charge in [-0.05, 0) is 29.8 Å². The summed E-state index contributed by atoms with van der Waals surface area (Å²) in [5.74, 6) is -0.867. The summed E-state index contributed by atoms with van der Waals surface area (Å²) >= 11 is 0. The number of ether oxygens (including phenoxy) is 1. The molecule has 1 aromatic heterocycles. The van der Waals surface area contributed by atoms with E-state index in [4.69, 9.17) is 9.15 Å². The smallest absolute Gasteiger partial charge is 0.344 e. The molecule has 0 bridgehead atoms. The minimum Gasteiger partial charge on any atom is -0.449 e. The van der Waals surface area contributed by atoms with Crippen molar-refractivity contribution in [2.24, 2.45) is 0 Å². The lowest BCUT2D eigenvalue weighted by atomic mass is 9.91. The number of fused-ring (bicyclic) bond motifs is 2. The maximum Gasteiger partial charge on any atom is 0.344 e. The van der Waals surface area contributed by atoms with Crippen LogP contribution < -0.4 is 5.63 Å². The normalized spacial score (nSPS) is 15.5. The molecule has 0 radical (unpaired) electrons. The first-order valence-electron chi connectivity index (χ1n) is 8.75. The Morgan fingerprint density at radius 3 is 2.36 bits per heavy atom. The Kier molecular flexibility index (Phi) is 3.62. The first-order valence-corrected chi connectivity index (χ1v) is 8.75. The van der Waals surface area contributed by atoms with Crippen molar-refractivity contribution in [3.05, 3.63) is 106 Å². The van der Waals surface area contributed by atoms with Crippen LogP contribution >= 0.6 is 0 Å². The molecule has 5 rings (SSSR count). The molecule has 0 saturated heterocycles. The van der Waals surface area contributed by atoms with Gasteiger partial charge < -0.3 is 9.15 Å². The van der Waals surface area contributed by atoms with Gasteiger partial charge in [0.05, 0.1) is 11.1 Å². The molecule has 4 nitrogen and oxygen atoms in total. The molecule has 5 heteroatoms. The zero-order chi connectivity index (χ0) is 19.3. The lowest BCUT2D eigenvalue weighted by molar-refractivity contribution is 0.0452.